The Bertz CT molecular complexity index is 560. The van der Waals surface area contributed by atoms with Crippen LogP contribution in [-0.4, -0.2) is 32.2 Å². The Labute approximate surface area is 143 Å². The maximum absolute atomic E-state index is 12.5. The van der Waals surface area contributed by atoms with Crippen LogP contribution in [0.25, 0.3) is 0 Å². The van der Waals surface area contributed by atoms with Crippen LogP contribution < -0.4 is 10.6 Å². The Morgan fingerprint density at radius 3 is 2.70 bits per heavy atom. The fourth-order valence-corrected chi connectivity index (χ4v) is 4.38. The largest absolute Gasteiger partial charge is 0.381 e. The average molecular weight is 337 g/mol. The Balaban J connectivity index is 0.00000156. The number of fused-ring (bicyclic) bond motifs is 3. The van der Waals surface area contributed by atoms with E-state index in [2.05, 4.69) is 34.9 Å². The van der Waals surface area contributed by atoms with Gasteiger partial charge in [0.05, 0.1) is 6.04 Å². The number of nitrogens with one attached hydrogen (secondary N) is 2. The second-order valence-electron chi connectivity index (χ2n) is 6.86. The molecule has 0 radical (unpaired) electrons. The topological polar surface area (TPSA) is 50.4 Å². The summed E-state index contributed by atoms with van der Waals surface area (Å²) in [7, 11) is 0. The minimum atomic E-state index is 0. The smallest absolute Gasteiger partial charge is 0.220 e. The van der Waals surface area contributed by atoms with Crippen LogP contribution in [0, 0.1) is 11.8 Å². The van der Waals surface area contributed by atoms with Crippen LogP contribution in [0.3, 0.4) is 0 Å². The third-order valence-electron chi connectivity index (χ3n) is 5.55. The van der Waals surface area contributed by atoms with Crippen LogP contribution in [0.15, 0.2) is 24.3 Å². The molecule has 2 aliphatic heterocycles. The molecule has 1 aliphatic carbocycles. The van der Waals surface area contributed by atoms with Crippen LogP contribution in [0.2, 0.25) is 0 Å². The molecule has 1 aromatic rings. The number of ether oxygens (including phenoxy) is 1. The molecule has 4 nitrogen and oxygen atoms in total. The second kappa shape index (κ2) is 7.20. The second-order valence-corrected chi connectivity index (χ2v) is 6.86. The zero-order valence-electron chi connectivity index (χ0n) is 13.3. The van der Waals surface area contributed by atoms with Gasteiger partial charge in [0.25, 0.3) is 0 Å². The van der Waals surface area contributed by atoms with Gasteiger partial charge in [-0.2, -0.15) is 0 Å². The van der Waals surface area contributed by atoms with Gasteiger partial charge in [-0.25, -0.2) is 0 Å². The van der Waals surface area contributed by atoms with Crippen molar-refractivity contribution in [1.82, 2.24) is 10.6 Å². The molecule has 1 aromatic carbocycles. The number of amides is 1. The van der Waals surface area contributed by atoms with Gasteiger partial charge >= 0.3 is 0 Å². The standard InChI is InChI=1S/C18H24N2O2.ClH/c21-17(9-12-5-7-22-8-6-12)20-18-14-4-2-1-3-13(14)15-10-19-11-16(15)18;/h1-4,12,15-16,18-19H,5-11H2,(H,20,21);1H/t15-,16-,18+;/m0./s1. The highest BCUT2D eigenvalue weighted by molar-refractivity contribution is 5.85. The van der Waals surface area contributed by atoms with Gasteiger partial charge in [0.1, 0.15) is 0 Å². The first-order valence-electron chi connectivity index (χ1n) is 8.49. The van der Waals surface area contributed by atoms with Crippen LogP contribution in [0.5, 0.6) is 0 Å². The van der Waals surface area contributed by atoms with E-state index in [1.54, 1.807) is 0 Å². The van der Waals surface area contributed by atoms with E-state index < -0.39 is 0 Å². The Kier molecular flexibility index (Phi) is 5.24. The van der Waals surface area contributed by atoms with Crippen LogP contribution in [-0.2, 0) is 9.53 Å². The number of rotatable bonds is 3. The number of carbonyl (C=O) groups excluding carboxylic acids is 1. The first kappa shape index (κ1) is 16.7. The minimum Gasteiger partial charge on any atom is -0.381 e. The molecule has 3 atom stereocenters. The summed E-state index contributed by atoms with van der Waals surface area (Å²) in [6.45, 7) is 3.65. The molecule has 23 heavy (non-hydrogen) atoms. The van der Waals surface area contributed by atoms with E-state index in [9.17, 15) is 4.79 Å². The number of halogens is 1. The molecule has 0 spiro atoms. The zero-order chi connectivity index (χ0) is 14.9. The number of benzene rings is 1. The Morgan fingerprint density at radius 2 is 1.91 bits per heavy atom. The van der Waals surface area contributed by atoms with E-state index in [0.717, 1.165) is 39.1 Å². The summed E-state index contributed by atoms with van der Waals surface area (Å²) in [5.74, 6) is 1.77. The van der Waals surface area contributed by atoms with E-state index in [0.29, 0.717) is 24.2 Å². The van der Waals surface area contributed by atoms with Gasteiger partial charge in [-0.3, -0.25) is 4.79 Å². The number of carbonyl (C=O) groups is 1. The quantitative estimate of drug-likeness (QED) is 0.891. The average Bonchev–Trinajstić information content (AvgIpc) is 3.12. The molecular formula is C18H25ClN2O2. The lowest BCUT2D eigenvalue weighted by molar-refractivity contribution is -0.123. The van der Waals surface area contributed by atoms with Crippen molar-refractivity contribution >= 4 is 18.3 Å². The fourth-order valence-electron chi connectivity index (χ4n) is 4.38. The van der Waals surface area contributed by atoms with E-state index in [1.165, 1.54) is 11.1 Å². The first-order valence-corrected chi connectivity index (χ1v) is 8.49. The van der Waals surface area contributed by atoms with E-state index >= 15 is 0 Å². The SMILES string of the molecule is Cl.O=C(CC1CCOCC1)N[C@@H]1c2ccccc2[C@@H]2CNC[C@H]12. The van der Waals surface area contributed by atoms with Gasteiger partial charge in [-0.1, -0.05) is 24.3 Å². The molecule has 4 rings (SSSR count). The molecule has 5 heteroatoms. The molecule has 0 unspecified atom stereocenters. The summed E-state index contributed by atoms with van der Waals surface area (Å²) in [5.41, 5.74) is 2.76. The molecular weight excluding hydrogens is 312 g/mol. The summed E-state index contributed by atoms with van der Waals surface area (Å²) in [6, 6.07) is 8.80. The van der Waals surface area contributed by atoms with Gasteiger partial charge < -0.3 is 15.4 Å². The maximum Gasteiger partial charge on any atom is 0.220 e. The predicted molar refractivity (Wildman–Crippen MR) is 91.8 cm³/mol. The summed E-state index contributed by atoms with van der Waals surface area (Å²) in [5, 5.41) is 6.82. The molecule has 2 N–H and O–H groups in total. The van der Waals surface area contributed by atoms with Crippen molar-refractivity contribution in [3.63, 3.8) is 0 Å². The summed E-state index contributed by atoms with van der Waals surface area (Å²) < 4.78 is 5.38. The highest BCUT2D eigenvalue weighted by atomic mass is 35.5. The van der Waals surface area contributed by atoms with Crippen LogP contribution in [0.1, 0.15) is 42.3 Å². The Hall–Kier alpha value is -1.10. The molecule has 2 heterocycles. The number of hydrogen-bond acceptors (Lipinski definition) is 3. The van der Waals surface area contributed by atoms with Crippen molar-refractivity contribution in [3.8, 4) is 0 Å². The minimum absolute atomic E-state index is 0. The van der Waals surface area contributed by atoms with Gasteiger partial charge in [0.2, 0.25) is 5.91 Å². The molecule has 1 amide bonds. The fraction of sp³-hybridized carbons (Fsp3) is 0.611. The van der Waals surface area contributed by atoms with E-state index in [-0.39, 0.29) is 24.4 Å². The highest BCUT2D eigenvalue weighted by Gasteiger charge is 2.43. The van der Waals surface area contributed by atoms with Crippen molar-refractivity contribution in [2.45, 2.75) is 31.2 Å². The number of hydrogen-bond donors (Lipinski definition) is 2. The normalized spacial score (nSPS) is 29.5. The third kappa shape index (κ3) is 3.25. The Morgan fingerprint density at radius 1 is 1.17 bits per heavy atom. The lowest BCUT2D eigenvalue weighted by Crippen LogP contribution is -2.34. The van der Waals surface area contributed by atoms with Crippen molar-refractivity contribution in [3.05, 3.63) is 35.4 Å². The van der Waals surface area contributed by atoms with Crippen LogP contribution >= 0.6 is 12.4 Å². The molecule has 2 saturated heterocycles. The predicted octanol–water partition coefficient (Wildman–Crippen LogP) is 2.40. The molecule has 0 bridgehead atoms. The molecule has 3 aliphatic rings. The van der Waals surface area contributed by atoms with Crippen LogP contribution in [0.4, 0.5) is 0 Å². The lowest BCUT2D eigenvalue weighted by Gasteiger charge is -2.24. The van der Waals surface area contributed by atoms with E-state index in [1.807, 2.05) is 0 Å². The zero-order valence-corrected chi connectivity index (χ0v) is 14.1. The highest BCUT2D eigenvalue weighted by Crippen LogP contribution is 2.46. The van der Waals surface area contributed by atoms with E-state index in [4.69, 9.17) is 4.74 Å². The summed E-state index contributed by atoms with van der Waals surface area (Å²) in [4.78, 5) is 12.5. The maximum atomic E-state index is 12.5. The van der Waals surface area contributed by atoms with Crippen molar-refractivity contribution < 1.29 is 9.53 Å². The van der Waals surface area contributed by atoms with Gasteiger partial charge in [-0.05, 0) is 29.9 Å². The molecule has 126 valence electrons. The van der Waals surface area contributed by atoms with Crippen molar-refractivity contribution in [2.24, 2.45) is 11.8 Å². The third-order valence-corrected chi connectivity index (χ3v) is 5.55. The van der Waals surface area contributed by atoms with Crippen molar-refractivity contribution in [2.75, 3.05) is 26.3 Å². The summed E-state index contributed by atoms with van der Waals surface area (Å²) in [6.07, 6.45) is 2.68. The van der Waals surface area contributed by atoms with Gasteiger partial charge in [0, 0.05) is 44.6 Å². The molecule has 0 aromatic heterocycles. The summed E-state index contributed by atoms with van der Waals surface area (Å²) >= 11 is 0. The first-order chi connectivity index (χ1) is 10.8. The van der Waals surface area contributed by atoms with Gasteiger partial charge in [-0.15, -0.1) is 12.4 Å². The van der Waals surface area contributed by atoms with Gasteiger partial charge in [0.15, 0.2) is 0 Å². The van der Waals surface area contributed by atoms with Crippen molar-refractivity contribution in [1.29, 1.82) is 0 Å². The lowest BCUT2D eigenvalue weighted by atomic mass is 9.93. The molecule has 0 saturated carbocycles. The molecule has 2 fully saturated rings. The monoisotopic (exact) mass is 336 g/mol.